The molecule has 162 valence electrons. The Bertz CT molecular complexity index is 1080. The number of aromatic hydroxyl groups is 1. The molecule has 1 saturated heterocycles. The minimum absolute atomic E-state index is 0.0974. The molecule has 0 saturated carbocycles. The number of likely N-dealkylation sites (tertiary alicyclic amines) is 1. The number of allylic oxidation sites excluding steroid dienone is 4. The lowest BCUT2D eigenvalue weighted by atomic mass is 9.62. The third-order valence-corrected chi connectivity index (χ3v) is 7.53. The van der Waals surface area contributed by atoms with Crippen LogP contribution >= 0.6 is 0 Å². The molecule has 5 rings (SSSR count). The van der Waals surface area contributed by atoms with Crippen molar-refractivity contribution in [3.8, 4) is 5.75 Å². The van der Waals surface area contributed by atoms with E-state index in [2.05, 4.69) is 4.90 Å². The van der Waals surface area contributed by atoms with Gasteiger partial charge in [0.15, 0.2) is 17.9 Å². The topological polar surface area (TPSA) is 115 Å². The van der Waals surface area contributed by atoms with Gasteiger partial charge >= 0.3 is 0 Å². The van der Waals surface area contributed by atoms with Crippen molar-refractivity contribution in [3.05, 3.63) is 51.5 Å². The van der Waals surface area contributed by atoms with Gasteiger partial charge in [-0.05, 0) is 68.3 Å². The van der Waals surface area contributed by atoms with Crippen molar-refractivity contribution in [2.75, 3.05) is 13.6 Å². The predicted molar refractivity (Wildman–Crippen MR) is 111 cm³/mol. The number of aliphatic hydroxyl groups is 2. The lowest BCUT2D eigenvalue weighted by Gasteiger charge is -2.40. The molecule has 0 spiro atoms. The zero-order valence-electron chi connectivity index (χ0n) is 17.3. The smallest absolute Gasteiger partial charge is 0.196 e. The van der Waals surface area contributed by atoms with Crippen LogP contribution in [0, 0.1) is 17.8 Å². The highest BCUT2D eigenvalue weighted by atomic mass is 16.3. The van der Waals surface area contributed by atoms with Crippen LogP contribution in [0.15, 0.2) is 34.8 Å². The fourth-order valence-electron chi connectivity index (χ4n) is 6.10. The fraction of sp³-hybridized carbons (Fsp3) is 0.458. The van der Waals surface area contributed by atoms with Crippen LogP contribution in [0.4, 0.5) is 0 Å². The van der Waals surface area contributed by atoms with Crippen LogP contribution in [0.2, 0.25) is 0 Å². The summed E-state index contributed by atoms with van der Waals surface area (Å²) in [5, 5.41) is 31.8. The van der Waals surface area contributed by atoms with Crippen molar-refractivity contribution in [1.82, 2.24) is 4.90 Å². The van der Waals surface area contributed by atoms with Gasteiger partial charge in [-0.15, -0.1) is 0 Å². The number of Topliss-reactive ketones (excluding diaryl/α,β-unsaturated/α-hetero) is 2. The molecule has 7 nitrogen and oxygen atoms in total. The highest BCUT2D eigenvalue weighted by Crippen LogP contribution is 2.49. The number of aliphatic hydroxyl groups excluding tert-OH is 2. The first-order valence-electron chi connectivity index (χ1n) is 10.8. The largest absolute Gasteiger partial charge is 0.511 e. The second-order valence-corrected chi connectivity index (χ2v) is 9.26. The highest BCUT2D eigenvalue weighted by Gasteiger charge is 2.49. The molecule has 4 unspecified atom stereocenters. The minimum atomic E-state index is -0.999. The lowest BCUT2D eigenvalue weighted by Crippen LogP contribution is -2.41. The Morgan fingerprint density at radius 2 is 1.90 bits per heavy atom. The van der Waals surface area contributed by atoms with Gasteiger partial charge in [-0.2, -0.15) is 0 Å². The van der Waals surface area contributed by atoms with Gasteiger partial charge in [-0.25, -0.2) is 0 Å². The quantitative estimate of drug-likeness (QED) is 0.495. The number of hydrogen-bond acceptors (Lipinski definition) is 7. The van der Waals surface area contributed by atoms with Gasteiger partial charge in [-0.1, -0.05) is 6.07 Å². The Balaban J connectivity index is 1.58. The van der Waals surface area contributed by atoms with E-state index >= 15 is 0 Å². The van der Waals surface area contributed by atoms with Crippen LogP contribution in [0.25, 0.3) is 0 Å². The van der Waals surface area contributed by atoms with E-state index in [9.17, 15) is 29.7 Å². The Hall–Kier alpha value is -2.93. The van der Waals surface area contributed by atoms with Crippen LogP contribution in [0.3, 0.4) is 0 Å². The van der Waals surface area contributed by atoms with Gasteiger partial charge in [0, 0.05) is 18.0 Å². The maximum absolute atomic E-state index is 13.3. The number of fused-ring (bicyclic) bond motifs is 3. The predicted octanol–water partition coefficient (Wildman–Crippen LogP) is 2.95. The standard InChI is InChI=1S/C24H25NO6/c1-25-4-2-3-16(25)11-5-12-6-13-7-14-9-17(27)15(10-26)22(29)20(14)24(31)21(13)23(30)19(12)18(28)8-11/h5,8,10,13-14,16,20,27-28,31H,2-4,6-7,9H2,1H3. The summed E-state index contributed by atoms with van der Waals surface area (Å²) in [5.74, 6) is -3.41. The summed E-state index contributed by atoms with van der Waals surface area (Å²) < 4.78 is 0. The molecule has 1 aliphatic heterocycles. The number of ketones is 2. The van der Waals surface area contributed by atoms with E-state index in [0.717, 1.165) is 30.5 Å². The van der Waals surface area contributed by atoms with Gasteiger partial charge in [0.2, 0.25) is 0 Å². The molecule has 1 fully saturated rings. The van der Waals surface area contributed by atoms with Crippen LogP contribution in [-0.2, 0) is 16.0 Å². The van der Waals surface area contributed by atoms with Crippen LogP contribution in [-0.4, -0.2) is 51.7 Å². The van der Waals surface area contributed by atoms with E-state index < -0.39 is 17.5 Å². The van der Waals surface area contributed by atoms with Gasteiger partial charge in [0.25, 0.3) is 0 Å². The molecule has 0 radical (unpaired) electrons. The first-order valence-corrected chi connectivity index (χ1v) is 10.8. The third-order valence-electron chi connectivity index (χ3n) is 7.53. The lowest BCUT2D eigenvalue weighted by molar-refractivity contribution is -0.123. The molecule has 3 N–H and O–H groups in total. The Morgan fingerprint density at radius 1 is 1.13 bits per heavy atom. The summed E-state index contributed by atoms with van der Waals surface area (Å²) in [6.07, 6.45) is 3.43. The summed E-state index contributed by atoms with van der Waals surface area (Å²) in [6, 6.07) is 3.84. The molecule has 1 heterocycles. The van der Waals surface area contributed by atoms with Gasteiger partial charge in [0.05, 0.1) is 17.1 Å². The molecule has 4 atom stereocenters. The molecule has 3 aliphatic carbocycles. The number of hydrogen-bond donors (Lipinski definition) is 3. The molecule has 0 amide bonds. The van der Waals surface area contributed by atoms with Gasteiger partial charge in [-0.3, -0.25) is 19.3 Å². The maximum atomic E-state index is 13.3. The van der Waals surface area contributed by atoms with Crippen LogP contribution < -0.4 is 0 Å². The second-order valence-electron chi connectivity index (χ2n) is 9.26. The average molecular weight is 423 g/mol. The van der Waals surface area contributed by atoms with E-state index in [4.69, 9.17) is 0 Å². The normalized spacial score (nSPS) is 30.9. The van der Waals surface area contributed by atoms with E-state index in [1.54, 1.807) is 6.07 Å². The first kappa shape index (κ1) is 20.0. The Labute approximate surface area is 179 Å². The second kappa shape index (κ2) is 7.05. The third kappa shape index (κ3) is 2.86. The number of benzene rings is 1. The van der Waals surface area contributed by atoms with Gasteiger partial charge < -0.3 is 15.3 Å². The molecule has 4 aliphatic rings. The summed E-state index contributed by atoms with van der Waals surface area (Å²) in [7, 11) is 2.05. The van der Waals surface area contributed by atoms with Crippen molar-refractivity contribution < 1.29 is 29.7 Å². The van der Waals surface area contributed by atoms with E-state index in [1.807, 2.05) is 13.1 Å². The molecule has 1 aromatic rings. The van der Waals surface area contributed by atoms with Crippen molar-refractivity contribution in [3.63, 3.8) is 0 Å². The Morgan fingerprint density at radius 3 is 2.58 bits per heavy atom. The fourth-order valence-corrected chi connectivity index (χ4v) is 6.10. The molecule has 7 heteroatoms. The number of phenolic OH excluding ortho intramolecular Hbond substituents is 1. The first-order chi connectivity index (χ1) is 14.8. The van der Waals surface area contributed by atoms with E-state index in [0.29, 0.717) is 19.1 Å². The van der Waals surface area contributed by atoms with E-state index in [-0.39, 0.29) is 58.3 Å². The number of carbonyl (C=O) groups is 3. The van der Waals surface area contributed by atoms with Crippen molar-refractivity contribution in [2.24, 2.45) is 17.8 Å². The number of nitrogens with zero attached hydrogens (tertiary/aromatic N) is 1. The monoisotopic (exact) mass is 423 g/mol. The Kier molecular flexibility index (Phi) is 4.55. The van der Waals surface area contributed by atoms with Crippen LogP contribution in [0.1, 0.15) is 53.2 Å². The summed E-state index contributed by atoms with van der Waals surface area (Å²) in [5.41, 5.74) is 1.77. The van der Waals surface area contributed by atoms with Crippen molar-refractivity contribution >= 4 is 17.9 Å². The molecule has 31 heavy (non-hydrogen) atoms. The SMILES string of the molecule is CN1CCCC1c1cc(O)c2c(c1)CC1CC3CC(O)=C(C=O)C(=O)C3C(O)=C1C2=O. The highest BCUT2D eigenvalue weighted by molar-refractivity contribution is 6.17. The maximum Gasteiger partial charge on any atom is 0.196 e. The van der Waals surface area contributed by atoms with Crippen molar-refractivity contribution in [2.45, 2.75) is 38.1 Å². The molecule has 0 bridgehead atoms. The molecular weight excluding hydrogens is 398 g/mol. The molecular formula is C24H25NO6. The number of phenols is 1. The number of rotatable bonds is 2. The van der Waals surface area contributed by atoms with Crippen LogP contribution in [0.5, 0.6) is 5.75 Å². The molecule has 1 aromatic carbocycles. The zero-order valence-corrected chi connectivity index (χ0v) is 17.3. The average Bonchev–Trinajstić information content (AvgIpc) is 3.13. The molecule has 0 aromatic heterocycles. The number of carbonyl (C=O) groups excluding carboxylic acids is 3. The summed E-state index contributed by atoms with van der Waals surface area (Å²) >= 11 is 0. The van der Waals surface area contributed by atoms with Gasteiger partial charge in [0.1, 0.15) is 17.3 Å². The number of aldehydes is 1. The van der Waals surface area contributed by atoms with E-state index in [1.165, 1.54) is 0 Å². The summed E-state index contributed by atoms with van der Waals surface area (Å²) in [4.78, 5) is 39.5. The minimum Gasteiger partial charge on any atom is -0.511 e. The zero-order chi connectivity index (χ0) is 22.0. The summed E-state index contributed by atoms with van der Waals surface area (Å²) in [6.45, 7) is 0.988. The van der Waals surface area contributed by atoms with Crippen molar-refractivity contribution in [1.29, 1.82) is 0 Å².